The molecule has 0 bridgehead atoms. The van der Waals surface area contributed by atoms with Crippen molar-refractivity contribution in [1.29, 1.82) is 0 Å². The third-order valence-corrected chi connectivity index (χ3v) is 5.93. The summed E-state index contributed by atoms with van der Waals surface area (Å²) in [4.78, 5) is 9.41. The van der Waals surface area contributed by atoms with Crippen LogP contribution in [-0.4, -0.2) is 102 Å². The number of halogens is 1. The minimum absolute atomic E-state index is 0. The van der Waals surface area contributed by atoms with Crippen LogP contribution in [0.3, 0.4) is 0 Å². The third-order valence-electron chi connectivity index (χ3n) is 5.93. The smallest absolute Gasteiger partial charge is 0.191 e. The lowest BCUT2D eigenvalue weighted by Crippen LogP contribution is -2.55. The molecule has 0 aliphatic carbocycles. The van der Waals surface area contributed by atoms with Gasteiger partial charge in [0.05, 0.1) is 0 Å². The molecule has 172 valence electrons. The first-order valence-electron chi connectivity index (χ1n) is 11.1. The van der Waals surface area contributed by atoms with E-state index in [0.29, 0.717) is 17.9 Å². The zero-order valence-electron chi connectivity index (χ0n) is 19.0. The number of likely N-dealkylation sites (N-methyl/N-ethyl adjacent to an activating group) is 1. The van der Waals surface area contributed by atoms with Gasteiger partial charge in [-0.15, -0.1) is 24.0 Å². The summed E-state index contributed by atoms with van der Waals surface area (Å²) in [5.41, 5.74) is 0. The largest absolute Gasteiger partial charge is 0.381 e. The summed E-state index contributed by atoms with van der Waals surface area (Å²) in [6, 6.07) is 0.537. The Hall–Kier alpha value is -0.160. The van der Waals surface area contributed by atoms with Gasteiger partial charge in [0.1, 0.15) is 0 Å². The maximum Gasteiger partial charge on any atom is 0.191 e. The maximum atomic E-state index is 5.84. The quantitative estimate of drug-likeness (QED) is 0.197. The highest BCUT2D eigenvalue weighted by atomic mass is 127. The Morgan fingerprint density at radius 3 is 2.45 bits per heavy atom. The number of ether oxygens (including phenoxy) is 2. The fourth-order valence-electron chi connectivity index (χ4n) is 3.91. The number of hydrogen-bond acceptors (Lipinski definition) is 5. The number of nitrogens with one attached hydrogen (secondary N) is 2. The predicted octanol–water partition coefficient (Wildman–Crippen LogP) is 1.87. The molecule has 1 unspecified atom stereocenters. The van der Waals surface area contributed by atoms with Crippen molar-refractivity contribution >= 4 is 29.9 Å². The molecule has 29 heavy (non-hydrogen) atoms. The molecule has 0 aromatic heterocycles. The van der Waals surface area contributed by atoms with E-state index in [9.17, 15) is 0 Å². The van der Waals surface area contributed by atoms with Crippen molar-refractivity contribution in [3.8, 4) is 0 Å². The lowest BCUT2D eigenvalue weighted by molar-refractivity contribution is 0.0203. The highest BCUT2D eigenvalue weighted by Gasteiger charge is 2.25. The van der Waals surface area contributed by atoms with Crippen molar-refractivity contribution in [3.05, 3.63) is 0 Å². The van der Waals surface area contributed by atoms with Gasteiger partial charge in [-0.05, 0) is 38.1 Å². The predicted molar refractivity (Wildman–Crippen MR) is 131 cm³/mol. The van der Waals surface area contributed by atoms with Crippen LogP contribution in [0.2, 0.25) is 0 Å². The highest BCUT2D eigenvalue weighted by molar-refractivity contribution is 14.0. The molecule has 0 aromatic carbocycles. The van der Waals surface area contributed by atoms with E-state index in [4.69, 9.17) is 9.47 Å². The molecule has 2 fully saturated rings. The summed E-state index contributed by atoms with van der Waals surface area (Å²) in [5, 5.41) is 6.96. The second-order valence-electron chi connectivity index (χ2n) is 8.51. The van der Waals surface area contributed by atoms with Crippen LogP contribution in [-0.2, 0) is 9.47 Å². The topological polar surface area (TPSA) is 61.4 Å². The van der Waals surface area contributed by atoms with Crippen molar-refractivity contribution in [2.45, 2.75) is 39.2 Å². The number of piperazine rings is 1. The van der Waals surface area contributed by atoms with Gasteiger partial charge < -0.3 is 25.0 Å². The van der Waals surface area contributed by atoms with E-state index < -0.39 is 0 Å². The molecule has 2 aliphatic rings. The Labute approximate surface area is 195 Å². The zero-order chi connectivity index (χ0) is 20.2. The van der Waals surface area contributed by atoms with E-state index in [2.05, 4.69) is 46.3 Å². The van der Waals surface area contributed by atoms with Crippen molar-refractivity contribution in [3.63, 3.8) is 0 Å². The lowest BCUT2D eigenvalue weighted by atomic mass is 10.0. The Kier molecular flexibility index (Phi) is 14.5. The first-order valence-corrected chi connectivity index (χ1v) is 11.1. The second-order valence-corrected chi connectivity index (χ2v) is 8.51. The SMILES string of the molecule is CN=C(NCCCOCC1CCOCC1)NCC(C(C)C)N1CCN(C)CC1.I. The number of aliphatic imine (C=N–C) groups is 1. The molecule has 7 nitrogen and oxygen atoms in total. The Bertz CT molecular complexity index is 439. The molecule has 1 atom stereocenters. The van der Waals surface area contributed by atoms with Gasteiger partial charge >= 0.3 is 0 Å². The van der Waals surface area contributed by atoms with Gasteiger partial charge in [0.2, 0.25) is 0 Å². The molecule has 2 heterocycles. The van der Waals surface area contributed by atoms with Crippen LogP contribution >= 0.6 is 24.0 Å². The molecule has 0 amide bonds. The average molecular weight is 526 g/mol. The molecule has 2 saturated heterocycles. The first kappa shape index (κ1) is 26.9. The van der Waals surface area contributed by atoms with Crippen LogP contribution in [0.1, 0.15) is 33.1 Å². The summed E-state index contributed by atoms with van der Waals surface area (Å²) in [5.74, 6) is 2.19. The van der Waals surface area contributed by atoms with Gasteiger partial charge in [-0.1, -0.05) is 13.8 Å². The minimum Gasteiger partial charge on any atom is -0.381 e. The van der Waals surface area contributed by atoms with Gasteiger partial charge in [-0.2, -0.15) is 0 Å². The number of nitrogens with zero attached hydrogens (tertiary/aromatic N) is 3. The molecule has 2 rings (SSSR count). The molecular formula is C21H44IN5O2. The molecule has 0 aromatic rings. The minimum atomic E-state index is 0. The van der Waals surface area contributed by atoms with Crippen molar-refractivity contribution < 1.29 is 9.47 Å². The number of guanidine groups is 1. The zero-order valence-corrected chi connectivity index (χ0v) is 21.3. The monoisotopic (exact) mass is 525 g/mol. The summed E-state index contributed by atoms with van der Waals surface area (Å²) in [7, 11) is 4.05. The number of hydrogen-bond donors (Lipinski definition) is 2. The lowest BCUT2D eigenvalue weighted by Gasteiger charge is -2.40. The molecule has 0 spiro atoms. The Morgan fingerprint density at radius 1 is 1.14 bits per heavy atom. The van der Waals surface area contributed by atoms with E-state index in [1.807, 2.05) is 7.05 Å². The highest BCUT2D eigenvalue weighted by Crippen LogP contribution is 2.15. The first-order chi connectivity index (χ1) is 13.6. The van der Waals surface area contributed by atoms with Crippen LogP contribution in [0.15, 0.2) is 4.99 Å². The fourth-order valence-corrected chi connectivity index (χ4v) is 3.91. The summed E-state index contributed by atoms with van der Waals surface area (Å²) in [6.07, 6.45) is 3.27. The van der Waals surface area contributed by atoms with E-state index >= 15 is 0 Å². The molecule has 0 saturated carbocycles. The van der Waals surface area contributed by atoms with Crippen molar-refractivity contribution in [1.82, 2.24) is 20.4 Å². The molecule has 2 N–H and O–H groups in total. The van der Waals surface area contributed by atoms with Gasteiger partial charge in [0, 0.05) is 78.8 Å². The molecule has 0 radical (unpaired) electrons. The van der Waals surface area contributed by atoms with Gasteiger partial charge in [0.25, 0.3) is 0 Å². The fraction of sp³-hybridized carbons (Fsp3) is 0.952. The Balaban J connectivity index is 0.00000420. The Morgan fingerprint density at radius 2 is 1.83 bits per heavy atom. The average Bonchev–Trinajstić information content (AvgIpc) is 2.71. The van der Waals surface area contributed by atoms with Crippen LogP contribution < -0.4 is 10.6 Å². The van der Waals surface area contributed by atoms with Gasteiger partial charge in [-0.3, -0.25) is 9.89 Å². The van der Waals surface area contributed by atoms with E-state index in [1.165, 1.54) is 0 Å². The summed E-state index contributed by atoms with van der Waals surface area (Å²) < 4.78 is 11.2. The van der Waals surface area contributed by atoms with E-state index in [0.717, 1.165) is 90.9 Å². The molecular weight excluding hydrogens is 481 g/mol. The number of rotatable bonds is 10. The van der Waals surface area contributed by atoms with E-state index in [1.54, 1.807) is 0 Å². The maximum absolute atomic E-state index is 5.84. The molecule has 2 aliphatic heterocycles. The summed E-state index contributed by atoms with van der Waals surface area (Å²) >= 11 is 0. The van der Waals surface area contributed by atoms with E-state index in [-0.39, 0.29) is 24.0 Å². The van der Waals surface area contributed by atoms with Crippen LogP contribution in [0, 0.1) is 11.8 Å². The van der Waals surface area contributed by atoms with Crippen LogP contribution in [0.4, 0.5) is 0 Å². The van der Waals surface area contributed by atoms with Crippen LogP contribution in [0.25, 0.3) is 0 Å². The van der Waals surface area contributed by atoms with Crippen molar-refractivity contribution in [2.75, 3.05) is 79.8 Å². The van der Waals surface area contributed by atoms with Crippen molar-refractivity contribution in [2.24, 2.45) is 16.8 Å². The second kappa shape index (κ2) is 15.6. The molecule has 8 heteroatoms. The van der Waals surface area contributed by atoms with Crippen LogP contribution in [0.5, 0.6) is 0 Å². The summed E-state index contributed by atoms with van der Waals surface area (Å²) in [6.45, 7) is 14.5. The standard InChI is InChI=1S/C21H43N5O2.HI/c1-18(2)20(26-11-9-25(4)10-12-26)16-24-21(22-3)23-8-5-13-28-17-19-6-14-27-15-7-19;/h18-20H,5-17H2,1-4H3,(H2,22,23,24);1H. The normalized spacial score (nSPS) is 21.1. The third kappa shape index (κ3) is 10.6. The van der Waals surface area contributed by atoms with Gasteiger partial charge in [-0.25, -0.2) is 0 Å². The van der Waals surface area contributed by atoms with Gasteiger partial charge in [0.15, 0.2) is 5.96 Å².